The Morgan fingerprint density at radius 2 is 1.50 bits per heavy atom. The first kappa shape index (κ1) is 49.4. The Labute approximate surface area is 432 Å². The number of hydrogen-bond donors (Lipinski definition) is 5. The summed E-state index contributed by atoms with van der Waals surface area (Å²) in [5, 5.41) is 58.5. The van der Waals surface area contributed by atoms with Gasteiger partial charge in [-0.15, -0.1) is 0 Å². The molecule has 0 aromatic heterocycles. The molecule has 0 saturated heterocycles. The summed E-state index contributed by atoms with van der Waals surface area (Å²) in [5.74, 6) is -1.99. The van der Waals surface area contributed by atoms with Crippen LogP contribution in [0.25, 0.3) is 28.0 Å². The molecule has 5 N–H and O–H groups in total. The van der Waals surface area contributed by atoms with Crippen LogP contribution in [0.3, 0.4) is 0 Å². The molecule has 74 heavy (non-hydrogen) atoms. The maximum absolute atomic E-state index is 16.1. The zero-order chi connectivity index (χ0) is 51.5. The van der Waals surface area contributed by atoms with Crippen molar-refractivity contribution < 1.29 is 54.1 Å². The summed E-state index contributed by atoms with van der Waals surface area (Å²) >= 11 is 0. The molecule has 0 spiro atoms. The van der Waals surface area contributed by atoms with E-state index in [-0.39, 0.29) is 65.8 Å². The van der Waals surface area contributed by atoms with Gasteiger partial charge in [0.15, 0.2) is 23.0 Å². The smallest absolute Gasteiger partial charge is 0.317 e. The maximum atomic E-state index is 16.1. The number of aromatic hydroxyl groups is 3. The van der Waals surface area contributed by atoms with Crippen molar-refractivity contribution in [1.82, 2.24) is 0 Å². The summed E-state index contributed by atoms with van der Waals surface area (Å²) in [4.78, 5) is 29.8. The number of esters is 2. The predicted molar refractivity (Wildman–Crippen MR) is 282 cm³/mol. The summed E-state index contributed by atoms with van der Waals surface area (Å²) in [5.41, 5.74) is 5.32. The predicted octanol–water partition coefficient (Wildman–Crippen LogP) is 11.1. The Bertz CT molecular complexity index is 3110. The third kappa shape index (κ3) is 8.36. The number of hydrogen-bond acceptors (Lipinski definition) is 11. The standard InChI is InChI=1S/C63H66O11/c1-36(65)73-57-32-45(74-61(70)62(21-10-16-42(62)17-11-23-64)43-19-18-39-24-44(66)30-47(46(39)29-43)38-14-8-5-9-15-38)31-50-48-34-59(72-3)55(68)27-40(48)25-51-54(67)35-52-49-33-56(69)58(71-2)28-41(49)26-53(57)63(52,60(50)51)22-20-37-12-6-4-7-13-37/h4-9,12-15,18-20,22,24,27-30,33-34,42,45,50-54,57,60,64,66-69H,10-11,16-17,21,23,25-26,31-32,35H2,1-3H3/b22-20+/t42-,45-,50+,51+,52-,53+,54-,57+,60-,62+,63+/m0/s1. The highest BCUT2D eigenvalue weighted by Crippen LogP contribution is 2.70. The Balaban J connectivity index is 1.11. The largest absolute Gasteiger partial charge is 0.508 e. The molecule has 384 valence electrons. The molecule has 0 unspecified atom stereocenters. The number of ether oxygens (including phenoxy) is 4. The minimum Gasteiger partial charge on any atom is -0.508 e. The van der Waals surface area contributed by atoms with E-state index < -0.39 is 41.0 Å². The first-order chi connectivity index (χ1) is 35.9. The lowest BCUT2D eigenvalue weighted by atomic mass is 9.40. The number of aliphatic hydroxyl groups excluding tert-OH is 2. The van der Waals surface area contributed by atoms with Gasteiger partial charge in [0, 0.05) is 31.3 Å². The fourth-order valence-corrected chi connectivity index (χ4v) is 15.2. The van der Waals surface area contributed by atoms with Gasteiger partial charge in [0.25, 0.3) is 0 Å². The average Bonchev–Trinajstić information content (AvgIpc) is 3.87. The van der Waals surface area contributed by atoms with Crippen molar-refractivity contribution >= 4 is 28.8 Å². The topological polar surface area (TPSA) is 172 Å². The van der Waals surface area contributed by atoms with Crippen LogP contribution in [-0.4, -0.2) is 76.6 Å². The van der Waals surface area contributed by atoms with Crippen LogP contribution < -0.4 is 9.47 Å². The number of carbonyl (C=O) groups excluding carboxylic acids is 2. The highest BCUT2D eigenvalue weighted by atomic mass is 16.6. The van der Waals surface area contributed by atoms with Crippen LogP contribution >= 0.6 is 0 Å². The average molecular weight is 999 g/mol. The normalized spacial score (nSPS) is 28.8. The van der Waals surface area contributed by atoms with Crippen molar-refractivity contribution in [1.29, 1.82) is 0 Å². The van der Waals surface area contributed by atoms with Crippen LogP contribution in [0.2, 0.25) is 0 Å². The number of phenolic OH excluding ortho intramolecular Hbond substituents is 3. The molecular formula is C63H66O11. The number of phenols is 3. The molecular weight excluding hydrogens is 933 g/mol. The van der Waals surface area contributed by atoms with Crippen molar-refractivity contribution in [3.05, 3.63) is 155 Å². The first-order valence-electron chi connectivity index (χ1n) is 26.4. The van der Waals surface area contributed by atoms with Crippen LogP contribution in [0, 0.1) is 29.1 Å². The lowest BCUT2D eigenvalue weighted by Gasteiger charge is -2.64. The van der Waals surface area contributed by atoms with E-state index >= 15 is 4.79 Å². The van der Waals surface area contributed by atoms with Crippen molar-refractivity contribution in [2.75, 3.05) is 20.8 Å². The van der Waals surface area contributed by atoms with Gasteiger partial charge in [-0.25, -0.2) is 0 Å². The fourth-order valence-electron chi connectivity index (χ4n) is 15.2. The minimum atomic E-state index is -1.10. The number of aliphatic hydroxyl groups is 2. The summed E-state index contributed by atoms with van der Waals surface area (Å²) < 4.78 is 25.4. The molecule has 5 aliphatic rings. The number of allylic oxidation sites excluding steroid dienone is 1. The van der Waals surface area contributed by atoms with Gasteiger partial charge in [-0.3, -0.25) is 9.59 Å². The molecule has 6 aromatic carbocycles. The van der Waals surface area contributed by atoms with E-state index in [1.54, 1.807) is 24.3 Å². The van der Waals surface area contributed by atoms with Gasteiger partial charge >= 0.3 is 11.9 Å². The number of rotatable bonds is 12. The SMILES string of the molecule is COc1cc2c(cc1O)[C@@H]1C[C@H](O)[C@H]3Cc4cc(O)c(OC)cc4[C@H]4C[C@H](OC(=O)[C@]5(c6ccc7cc(O)cc(-c8ccccc8)c7c6)CCC[C@H]5CCCO)C[C@@H](OC(C)=O)[C@@H](C2)[C@]1(/C=C/c1ccccc1)[C@H]34. The molecule has 11 rings (SSSR count). The van der Waals surface area contributed by atoms with Gasteiger partial charge in [-0.05, 0) is 179 Å². The number of benzene rings is 6. The van der Waals surface area contributed by atoms with E-state index in [0.29, 0.717) is 56.4 Å². The second-order valence-electron chi connectivity index (χ2n) is 21.7. The quantitative estimate of drug-likeness (QED) is 0.0739. The van der Waals surface area contributed by atoms with Crippen LogP contribution in [0.1, 0.15) is 104 Å². The van der Waals surface area contributed by atoms with E-state index in [0.717, 1.165) is 68.1 Å². The second kappa shape index (κ2) is 19.8. The molecule has 11 heteroatoms. The number of fused-ring (bicyclic) bond motifs is 5. The lowest BCUT2D eigenvalue weighted by Crippen LogP contribution is -2.62. The third-order valence-electron chi connectivity index (χ3n) is 18.1. The highest BCUT2D eigenvalue weighted by molar-refractivity contribution is 5.99. The van der Waals surface area contributed by atoms with Crippen LogP contribution in [0.5, 0.6) is 28.7 Å². The van der Waals surface area contributed by atoms with Gasteiger partial charge < -0.3 is 44.5 Å². The zero-order valence-corrected chi connectivity index (χ0v) is 42.3. The molecule has 0 amide bonds. The molecule has 0 heterocycles. The molecule has 5 aliphatic carbocycles. The van der Waals surface area contributed by atoms with E-state index in [1.807, 2.05) is 72.8 Å². The van der Waals surface area contributed by atoms with Crippen LogP contribution in [0.4, 0.5) is 0 Å². The van der Waals surface area contributed by atoms with Crippen molar-refractivity contribution in [2.24, 2.45) is 29.1 Å². The maximum Gasteiger partial charge on any atom is 0.317 e. The molecule has 11 atom stereocenters. The Morgan fingerprint density at radius 3 is 2.24 bits per heavy atom. The Hall–Kier alpha value is -6.82. The number of methoxy groups -OCH3 is 2. The summed E-state index contributed by atoms with van der Waals surface area (Å²) in [7, 11) is 3.06. The summed E-state index contributed by atoms with van der Waals surface area (Å²) in [6.45, 7) is 1.41. The minimum absolute atomic E-state index is 0.00214. The van der Waals surface area contributed by atoms with E-state index in [9.17, 15) is 30.3 Å². The van der Waals surface area contributed by atoms with Gasteiger partial charge in [0.05, 0.1) is 25.7 Å². The Morgan fingerprint density at radius 1 is 0.770 bits per heavy atom. The van der Waals surface area contributed by atoms with E-state index in [2.05, 4.69) is 30.4 Å². The molecule has 6 aromatic rings. The molecule has 0 aliphatic heterocycles. The zero-order valence-electron chi connectivity index (χ0n) is 42.3. The monoisotopic (exact) mass is 998 g/mol. The lowest BCUT2D eigenvalue weighted by molar-refractivity contribution is -0.179. The Kier molecular flexibility index (Phi) is 13.2. The molecule has 11 nitrogen and oxygen atoms in total. The van der Waals surface area contributed by atoms with Gasteiger partial charge in [-0.1, -0.05) is 91.4 Å². The molecule has 3 fully saturated rings. The van der Waals surface area contributed by atoms with Crippen LogP contribution in [-0.2, 0) is 37.3 Å². The summed E-state index contributed by atoms with van der Waals surface area (Å²) in [6, 6.07) is 36.9. The van der Waals surface area contributed by atoms with Crippen molar-refractivity contribution in [2.45, 2.75) is 107 Å². The van der Waals surface area contributed by atoms with Gasteiger partial charge in [0.2, 0.25) is 0 Å². The van der Waals surface area contributed by atoms with Gasteiger partial charge in [-0.2, -0.15) is 0 Å². The van der Waals surface area contributed by atoms with Gasteiger partial charge in [0.1, 0.15) is 18.0 Å². The van der Waals surface area contributed by atoms with E-state index in [1.165, 1.54) is 21.1 Å². The molecule has 0 radical (unpaired) electrons. The molecule has 0 bridgehead atoms. The van der Waals surface area contributed by atoms with E-state index in [4.69, 9.17) is 18.9 Å². The van der Waals surface area contributed by atoms with Crippen molar-refractivity contribution in [3.63, 3.8) is 0 Å². The highest BCUT2D eigenvalue weighted by Gasteiger charge is 2.66. The second-order valence-corrected chi connectivity index (χ2v) is 21.7. The fraction of sp³-hybridized carbons (Fsp3) is 0.397. The summed E-state index contributed by atoms with van der Waals surface area (Å²) in [6.07, 6.45) is 7.01. The molecule has 3 saturated carbocycles. The number of carbonyl (C=O) groups is 2. The first-order valence-corrected chi connectivity index (χ1v) is 26.4. The van der Waals surface area contributed by atoms with Crippen molar-refractivity contribution in [3.8, 4) is 39.9 Å². The third-order valence-corrected chi connectivity index (χ3v) is 18.1. The van der Waals surface area contributed by atoms with Crippen LogP contribution in [0.15, 0.2) is 121 Å².